The molecule has 2 amide bonds. The second-order valence-corrected chi connectivity index (χ2v) is 10.2. The third-order valence-corrected chi connectivity index (χ3v) is 7.06. The molecule has 1 aliphatic heterocycles. The van der Waals surface area contributed by atoms with Crippen LogP contribution in [0.15, 0.2) is 54.7 Å². The van der Waals surface area contributed by atoms with E-state index in [0.29, 0.717) is 53.5 Å². The first-order valence-corrected chi connectivity index (χ1v) is 13.3. The largest absolute Gasteiger partial charge is 0.497 e. The van der Waals surface area contributed by atoms with Crippen molar-refractivity contribution in [3.8, 4) is 5.75 Å². The summed E-state index contributed by atoms with van der Waals surface area (Å²) in [7, 11) is 5.00. The Morgan fingerprint density at radius 2 is 1.73 bits per heavy atom. The number of pyridine rings is 1. The van der Waals surface area contributed by atoms with E-state index in [1.54, 1.807) is 61.5 Å². The Morgan fingerprint density at radius 1 is 1.02 bits per heavy atom. The van der Waals surface area contributed by atoms with Gasteiger partial charge in [-0.15, -0.1) is 0 Å². The number of rotatable bonds is 8. The third kappa shape index (κ3) is 6.93. The number of methoxy groups -OCH3 is 1. The number of carbonyl (C=O) groups excluding carboxylic acids is 2. The topological polar surface area (TPSA) is 148 Å². The molecule has 214 valence electrons. The predicted molar refractivity (Wildman–Crippen MR) is 158 cm³/mol. The van der Waals surface area contributed by atoms with Crippen LogP contribution in [0.4, 0.5) is 17.2 Å². The first-order chi connectivity index (χ1) is 19.6. The second kappa shape index (κ2) is 12.7. The SMILES string of the molecule is COc1ccc(NC(=O)c2ccc(C(=N)N(C)C)cc2N2CCC(C(=O)O)CC2)c(C(=O)Nc2ccc(Cl)cn2)c1. The van der Waals surface area contributed by atoms with E-state index in [-0.39, 0.29) is 22.9 Å². The molecule has 4 N–H and O–H groups in total. The summed E-state index contributed by atoms with van der Waals surface area (Å²) in [6.07, 6.45) is 2.28. The molecule has 0 aliphatic carbocycles. The van der Waals surface area contributed by atoms with Gasteiger partial charge >= 0.3 is 5.97 Å². The molecule has 1 fully saturated rings. The molecule has 11 nitrogen and oxygen atoms in total. The Morgan fingerprint density at radius 3 is 2.34 bits per heavy atom. The van der Waals surface area contributed by atoms with Gasteiger partial charge in [0.05, 0.1) is 40.6 Å². The summed E-state index contributed by atoms with van der Waals surface area (Å²) >= 11 is 5.89. The van der Waals surface area contributed by atoms with Gasteiger partial charge in [-0.3, -0.25) is 19.8 Å². The Bertz CT molecular complexity index is 1470. The molecule has 0 radical (unpaired) electrons. The number of hydrogen-bond donors (Lipinski definition) is 4. The van der Waals surface area contributed by atoms with Gasteiger partial charge in [-0.05, 0) is 55.3 Å². The van der Waals surface area contributed by atoms with Gasteiger partial charge in [0.2, 0.25) is 0 Å². The predicted octanol–water partition coefficient (Wildman–Crippen LogP) is 4.44. The first-order valence-electron chi connectivity index (χ1n) is 12.9. The average molecular weight is 579 g/mol. The molecule has 1 aromatic heterocycles. The van der Waals surface area contributed by atoms with Crippen molar-refractivity contribution in [1.82, 2.24) is 9.88 Å². The van der Waals surface area contributed by atoms with E-state index in [4.69, 9.17) is 21.7 Å². The van der Waals surface area contributed by atoms with Crippen LogP contribution < -0.4 is 20.3 Å². The normalized spacial score (nSPS) is 13.3. The van der Waals surface area contributed by atoms with Gasteiger partial charge < -0.3 is 30.3 Å². The number of carboxylic acid groups (broad SMARTS) is 1. The minimum absolute atomic E-state index is 0.157. The van der Waals surface area contributed by atoms with Gasteiger partial charge in [-0.25, -0.2) is 4.98 Å². The summed E-state index contributed by atoms with van der Waals surface area (Å²) in [5.41, 5.74) is 1.94. The van der Waals surface area contributed by atoms with Crippen molar-refractivity contribution in [3.05, 3.63) is 76.4 Å². The number of nitrogens with one attached hydrogen (secondary N) is 3. The lowest BCUT2D eigenvalue weighted by molar-refractivity contribution is -0.142. The van der Waals surface area contributed by atoms with Crippen molar-refractivity contribution in [2.24, 2.45) is 5.92 Å². The highest BCUT2D eigenvalue weighted by Crippen LogP contribution is 2.30. The number of ether oxygens (including phenoxy) is 1. The lowest BCUT2D eigenvalue weighted by Gasteiger charge is -2.33. The van der Waals surface area contributed by atoms with Gasteiger partial charge in [0.25, 0.3) is 11.8 Å². The molecule has 2 heterocycles. The van der Waals surface area contributed by atoms with Crippen molar-refractivity contribution < 1.29 is 24.2 Å². The van der Waals surface area contributed by atoms with Crippen LogP contribution in [-0.2, 0) is 4.79 Å². The van der Waals surface area contributed by atoms with E-state index in [9.17, 15) is 19.5 Å². The fourth-order valence-electron chi connectivity index (χ4n) is 4.53. The van der Waals surface area contributed by atoms with Crippen molar-refractivity contribution >= 4 is 52.4 Å². The number of carbonyl (C=O) groups is 3. The zero-order valence-electron chi connectivity index (χ0n) is 22.9. The Kier molecular flexibility index (Phi) is 9.08. The highest BCUT2D eigenvalue weighted by Gasteiger charge is 2.28. The lowest BCUT2D eigenvalue weighted by Crippen LogP contribution is -2.37. The van der Waals surface area contributed by atoms with E-state index in [0.717, 1.165) is 0 Å². The van der Waals surface area contributed by atoms with Gasteiger partial charge in [0.1, 0.15) is 17.4 Å². The maximum Gasteiger partial charge on any atom is 0.306 e. The molecule has 4 rings (SSSR count). The first kappa shape index (κ1) is 29.3. The summed E-state index contributed by atoms with van der Waals surface area (Å²) in [4.78, 5) is 46.1. The van der Waals surface area contributed by atoms with E-state index >= 15 is 0 Å². The molecular formula is C29H31ClN6O5. The van der Waals surface area contributed by atoms with Crippen LogP contribution in [0.3, 0.4) is 0 Å². The number of hydrogen-bond acceptors (Lipinski definition) is 7. The highest BCUT2D eigenvalue weighted by atomic mass is 35.5. The minimum Gasteiger partial charge on any atom is -0.497 e. The van der Waals surface area contributed by atoms with Crippen LogP contribution in [0.5, 0.6) is 5.75 Å². The number of halogens is 1. The van der Waals surface area contributed by atoms with Gasteiger partial charge in [-0.2, -0.15) is 0 Å². The van der Waals surface area contributed by atoms with E-state index in [1.807, 2.05) is 4.90 Å². The monoisotopic (exact) mass is 578 g/mol. The quantitative estimate of drug-likeness (QED) is 0.226. The van der Waals surface area contributed by atoms with E-state index in [1.165, 1.54) is 19.4 Å². The molecule has 1 saturated heterocycles. The highest BCUT2D eigenvalue weighted by molar-refractivity contribution is 6.30. The van der Waals surface area contributed by atoms with Crippen LogP contribution in [0.1, 0.15) is 39.1 Å². The van der Waals surface area contributed by atoms with Crippen molar-refractivity contribution in [2.45, 2.75) is 12.8 Å². The van der Waals surface area contributed by atoms with Crippen molar-refractivity contribution in [3.63, 3.8) is 0 Å². The number of benzene rings is 2. The lowest BCUT2D eigenvalue weighted by atomic mass is 9.95. The Labute approximate surface area is 242 Å². The van der Waals surface area contributed by atoms with Crippen LogP contribution >= 0.6 is 11.6 Å². The van der Waals surface area contributed by atoms with Gasteiger partial charge in [-0.1, -0.05) is 17.7 Å². The summed E-state index contributed by atoms with van der Waals surface area (Å²) in [6.45, 7) is 0.889. The molecule has 0 spiro atoms. The molecule has 0 bridgehead atoms. The summed E-state index contributed by atoms with van der Waals surface area (Å²) in [6, 6.07) is 13.0. The zero-order valence-corrected chi connectivity index (χ0v) is 23.7. The molecule has 41 heavy (non-hydrogen) atoms. The second-order valence-electron chi connectivity index (χ2n) is 9.76. The number of piperidine rings is 1. The number of carboxylic acids is 1. The number of anilines is 3. The molecule has 0 saturated carbocycles. The summed E-state index contributed by atoms with van der Waals surface area (Å²) < 4.78 is 5.30. The smallest absolute Gasteiger partial charge is 0.306 e. The van der Waals surface area contributed by atoms with Gasteiger partial charge in [0, 0.05) is 38.9 Å². The summed E-state index contributed by atoms with van der Waals surface area (Å²) in [5, 5.41) is 23.8. The van der Waals surface area contributed by atoms with E-state index < -0.39 is 23.7 Å². The number of aliphatic carboxylic acids is 1. The molecule has 12 heteroatoms. The van der Waals surface area contributed by atoms with E-state index in [2.05, 4.69) is 15.6 Å². The number of nitrogens with zero attached hydrogens (tertiary/aromatic N) is 3. The fraction of sp³-hybridized carbons (Fsp3) is 0.276. The van der Waals surface area contributed by atoms with Crippen LogP contribution in [0.25, 0.3) is 0 Å². The van der Waals surface area contributed by atoms with Crippen molar-refractivity contribution in [2.75, 3.05) is 49.8 Å². The third-order valence-electron chi connectivity index (χ3n) is 6.84. The number of amidine groups is 1. The van der Waals surface area contributed by atoms with Crippen LogP contribution in [-0.4, -0.2) is 72.9 Å². The maximum absolute atomic E-state index is 13.7. The molecule has 0 atom stereocenters. The Hall–Kier alpha value is -4.64. The van der Waals surface area contributed by atoms with Crippen molar-refractivity contribution in [1.29, 1.82) is 5.41 Å². The minimum atomic E-state index is -0.829. The van der Waals surface area contributed by atoms with Gasteiger partial charge in [0.15, 0.2) is 0 Å². The fourth-order valence-corrected chi connectivity index (χ4v) is 4.64. The molecule has 2 aromatic carbocycles. The number of amides is 2. The number of aromatic nitrogens is 1. The Balaban J connectivity index is 1.66. The molecular weight excluding hydrogens is 548 g/mol. The standard InChI is InChI=1S/C29H31ClN6O5/c1-35(2)26(31)18-4-7-21(24(14-18)36-12-10-17(11-13-36)29(39)40)27(37)33-23-8-6-20(41-3)15-22(23)28(38)34-25-9-5-19(30)16-32-25/h4-9,14-17,31H,10-13H2,1-3H3,(H,33,37)(H,39,40)(H,32,34,38). The molecule has 3 aromatic rings. The zero-order chi connectivity index (χ0) is 29.7. The van der Waals surface area contributed by atoms with Crippen LogP contribution in [0, 0.1) is 11.3 Å². The average Bonchev–Trinajstić information content (AvgIpc) is 2.97. The maximum atomic E-state index is 13.7. The van der Waals surface area contributed by atoms with Crippen LogP contribution in [0.2, 0.25) is 5.02 Å². The molecule has 1 aliphatic rings. The summed E-state index contributed by atoms with van der Waals surface area (Å²) in [5.74, 6) is -1.28. The molecule has 0 unspecified atom stereocenters.